The first-order valence-electron chi connectivity index (χ1n) is 7.51. The van der Waals surface area contributed by atoms with Gasteiger partial charge in [-0.3, -0.25) is 0 Å². The maximum absolute atomic E-state index is 5.66. The minimum Gasteiger partial charge on any atom is -0.492 e. The molecule has 0 radical (unpaired) electrons. The van der Waals surface area contributed by atoms with Crippen molar-refractivity contribution in [2.24, 2.45) is 0 Å². The second-order valence-corrected chi connectivity index (χ2v) is 5.46. The maximum atomic E-state index is 5.66. The third-order valence-corrected chi connectivity index (χ3v) is 3.57. The first-order chi connectivity index (χ1) is 10.7. The normalized spacial score (nSPS) is 10.1. The van der Waals surface area contributed by atoms with Crippen LogP contribution in [0.4, 0.5) is 5.69 Å². The Morgan fingerprint density at radius 2 is 1.82 bits per heavy atom. The number of nitrogens with one attached hydrogen (secondary N) is 2. The van der Waals surface area contributed by atoms with Crippen molar-refractivity contribution < 1.29 is 4.74 Å². The van der Waals surface area contributed by atoms with E-state index in [9.17, 15) is 0 Å². The fraction of sp³-hybridized carbons (Fsp3) is 0.278. The molecule has 0 unspecified atom stereocenters. The molecular weight excluding hydrogens is 292 g/mol. The largest absolute Gasteiger partial charge is 0.492 e. The van der Waals surface area contributed by atoms with Gasteiger partial charge in [0.25, 0.3) is 0 Å². The Morgan fingerprint density at radius 3 is 2.55 bits per heavy atom. The fourth-order valence-corrected chi connectivity index (χ4v) is 2.30. The Labute approximate surface area is 137 Å². The molecule has 0 saturated carbocycles. The summed E-state index contributed by atoms with van der Waals surface area (Å²) in [6.07, 6.45) is 0.975. The zero-order chi connectivity index (χ0) is 15.8. The monoisotopic (exact) mass is 314 g/mol. The van der Waals surface area contributed by atoms with Crippen LogP contribution in [-0.4, -0.2) is 18.3 Å². The molecule has 2 aromatic carbocycles. The molecular formula is C18H22N2OS. The van der Waals surface area contributed by atoms with Crippen molar-refractivity contribution in [2.45, 2.75) is 20.3 Å². The van der Waals surface area contributed by atoms with Crippen LogP contribution < -0.4 is 15.4 Å². The van der Waals surface area contributed by atoms with Crippen LogP contribution in [0.15, 0.2) is 48.5 Å². The van der Waals surface area contributed by atoms with E-state index in [1.807, 2.05) is 42.5 Å². The number of aryl methyl sites for hydroxylation is 2. The van der Waals surface area contributed by atoms with E-state index in [4.69, 9.17) is 17.0 Å². The molecule has 0 aliphatic carbocycles. The predicted molar refractivity (Wildman–Crippen MR) is 96.7 cm³/mol. The lowest BCUT2D eigenvalue weighted by atomic mass is 10.1. The van der Waals surface area contributed by atoms with Gasteiger partial charge in [-0.05, 0) is 49.3 Å². The minimum atomic E-state index is 0.570. The van der Waals surface area contributed by atoms with E-state index in [0.29, 0.717) is 18.3 Å². The molecule has 3 nitrogen and oxygen atoms in total. The molecule has 0 spiro atoms. The Morgan fingerprint density at radius 1 is 1.09 bits per heavy atom. The van der Waals surface area contributed by atoms with E-state index in [-0.39, 0.29) is 0 Å². The molecule has 2 aromatic rings. The zero-order valence-electron chi connectivity index (χ0n) is 13.1. The van der Waals surface area contributed by atoms with Crippen LogP contribution in [0, 0.1) is 6.92 Å². The van der Waals surface area contributed by atoms with Crippen LogP contribution in [0.5, 0.6) is 5.75 Å². The standard InChI is InChI=1S/C18H22N2OS/c1-3-15-6-4-5-7-17(15)20-18(22)19-12-13-21-16-10-8-14(2)9-11-16/h4-11H,3,12-13H2,1-2H3,(H2,19,20,22). The van der Waals surface area contributed by atoms with Crippen molar-refractivity contribution in [3.63, 3.8) is 0 Å². The fourth-order valence-electron chi connectivity index (χ4n) is 2.08. The van der Waals surface area contributed by atoms with E-state index < -0.39 is 0 Å². The first-order valence-corrected chi connectivity index (χ1v) is 7.92. The lowest BCUT2D eigenvalue weighted by Crippen LogP contribution is -2.32. The first kappa shape index (κ1) is 16.3. The zero-order valence-corrected chi connectivity index (χ0v) is 13.9. The Hall–Kier alpha value is -2.07. The number of rotatable bonds is 6. The molecule has 0 aromatic heterocycles. The average Bonchev–Trinajstić information content (AvgIpc) is 2.54. The smallest absolute Gasteiger partial charge is 0.170 e. The van der Waals surface area contributed by atoms with E-state index in [1.165, 1.54) is 11.1 Å². The summed E-state index contributed by atoms with van der Waals surface area (Å²) in [5, 5.41) is 7.01. The number of hydrogen-bond donors (Lipinski definition) is 2. The van der Waals surface area contributed by atoms with Gasteiger partial charge in [0.2, 0.25) is 0 Å². The topological polar surface area (TPSA) is 33.3 Å². The molecule has 0 amide bonds. The number of ether oxygens (including phenoxy) is 1. The second kappa shape index (κ2) is 8.39. The van der Waals surface area contributed by atoms with Crippen LogP contribution in [0.3, 0.4) is 0 Å². The minimum absolute atomic E-state index is 0.570. The summed E-state index contributed by atoms with van der Waals surface area (Å²) in [6.45, 7) is 5.42. The van der Waals surface area contributed by atoms with Crippen molar-refractivity contribution in [1.82, 2.24) is 5.32 Å². The van der Waals surface area contributed by atoms with Gasteiger partial charge in [-0.2, -0.15) is 0 Å². The predicted octanol–water partition coefficient (Wildman–Crippen LogP) is 3.92. The summed E-state index contributed by atoms with van der Waals surface area (Å²) in [4.78, 5) is 0. The highest BCUT2D eigenvalue weighted by Gasteiger charge is 2.02. The van der Waals surface area contributed by atoms with E-state index >= 15 is 0 Å². The summed E-state index contributed by atoms with van der Waals surface area (Å²) in [5.74, 6) is 0.877. The quantitative estimate of drug-likeness (QED) is 0.625. The molecule has 22 heavy (non-hydrogen) atoms. The highest BCUT2D eigenvalue weighted by molar-refractivity contribution is 7.80. The Kier molecular flexibility index (Phi) is 6.22. The number of hydrogen-bond acceptors (Lipinski definition) is 2. The van der Waals surface area contributed by atoms with E-state index in [0.717, 1.165) is 17.9 Å². The van der Waals surface area contributed by atoms with Crippen molar-refractivity contribution in [3.05, 3.63) is 59.7 Å². The molecule has 0 heterocycles. The summed E-state index contributed by atoms with van der Waals surface area (Å²) < 4.78 is 5.66. The molecule has 0 aliphatic heterocycles. The van der Waals surface area contributed by atoms with Crippen LogP contribution in [0.2, 0.25) is 0 Å². The summed E-state index contributed by atoms with van der Waals surface area (Å²) in [5.41, 5.74) is 3.54. The Balaban J connectivity index is 1.72. The number of thiocarbonyl (C=S) groups is 1. The van der Waals surface area contributed by atoms with Gasteiger partial charge in [0, 0.05) is 5.69 Å². The molecule has 0 bridgehead atoms. The van der Waals surface area contributed by atoms with Crippen molar-refractivity contribution >= 4 is 23.0 Å². The molecule has 0 fully saturated rings. The lowest BCUT2D eigenvalue weighted by molar-refractivity contribution is 0.322. The summed E-state index contributed by atoms with van der Waals surface area (Å²) in [7, 11) is 0. The highest BCUT2D eigenvalue weighted by Crippen LogP contribution is 2.15. The molecule has 116 valence electrons. The summed E-state index contributed by atoms with van der Waals surface area (Å²) in [6, 6.07) is 16.2. The van der Waals surface area contributed by atoms with Gasteiger partial charge >= 0.3 is 0 Å². The number of benzene rings is 2. The molecule has 0 atom stereocenters. The van der Waals surface area contributed by atoms with Crippen molar-refractivity contribution in [2.75, 3.05) is 18.5 Å². The molecule has 4 heteroatoms. The van der Waals surface area contributed by atoms with Gasteiger partial charge in [-0.15, -0.1) is 0 Å². The number of anilines is 1. The van der Waals surface area contributed by atoms with E-state index in [1.54, 1.807) is 0 Å². The van der Waals surface area contributed by atoms with Crippen molar-refractivity contribution in [3.8, 4) is 5.75 Å². The van der Waals surface area contributed by atoms with Gasteiger partial charge in [0.1, 0.15) is 12.4 Å². The van der Waals surface area contributed by atoms with E-state index in [2.05, 4.69) is 30.5 Å². The second-order valence-electron chi connectivity index (χ2n) is 5.05. The Bertz CT molecular complexity index is 611. The van der Waals surface area contributed by atoms with Gasteiger partial charge < -0.3 is 15.4 Å². The van der Waals surface area contributed by atoms with Crippen LogP contribution in [0.25, 0.3) is 0 Å². The van der Waals surface area contributed by atoms with Crippen LogP contribution in [0.1, 0.15) is 18.1 Å². The van der Waals surface area contributed by atoms with Gasteiger partial charge in [-0.25, -0.2) is 0 Å². The molecule has 2 N–H and O–H groups in total. The third-order valence-electron chi connectivity index (χ3n) is 3.32. The van der Waals surface area contributed by atoms with Gasteiger partial charge in [0.15, 0.2) is 5.11 Å². The lowest BCUT2D eigenvalue weighted by Gasteiger charge is -2.13. The third kappa shape index (κ3) is 5.04. The van der Waals surface area contributed by atoms with Gasteiger partial charge in [-0.1, -0.05) is 42.8 Å². The molecule has 0 saturated heterocycles. The van der Waals surface area contributed by atoms with Crippen LogP contribution in [-0.2, 0) is 6.42 Å². The van der Waals surface area contributed by atoms with Crippen LogP contribution >= 0.6 is 12.2 Å². The molecule has 2 rings (SSSR count). The highest BCUT2D eigenvalue weighted by atomic mass is 32.1. The molecule has 0 aliphatic rings. The van der Waals surface area contributed by atoms with Crippen molar-refractivity contribution in [1.29, 1.82) is 0 Å². The average molecular weight is 314 g/mol. The SMILES string of the molecule is CCc1ccccc1NC(=S)NCCOc1ccc(C)cc1. The maximum Gasteiger partial charge on any atom is 0.170 e. The number of para-hydroxylation sites is 1. The summed E-state index contributed by atoms with van der Waals surface area (Å²) >= 11 is 5.31. The van der Waals surface area contributed by atoms with Gasteiger partial charge in [0.05, 0.1) is 6.54 Å².